The molecular formula is C14H19NO4. The van der Waals surface area contributed by atoms with Gasteiger partial charge in [-0.25, -0.2) is 4.79 Å². The minimum Gasteiger partial charge on any atom is -0.487 e. The predicted octanol–water partition coefficient (Wildman–Crippen LogP) is 1.50. The molecule has 2 rings (SSSR count). The molecule has 1 atom stereocenters. The summed E-state index contributed by atoms with van der Waals surface area (Å²) in [6, 6.07) is 5.50. The molecule has 1 aliphatic heterocycles. The normalized spacial score (nSPS) is 17.6. The Morgan fingerprint density at radius 3 is 3.00 bits per heavy atom. The van der Waals surface area contributed by atoms with Gasteiger partial charge in [-0.05, 0) is 31.0 Å². The SMILES string of the molecule is CC1(C)Cc2cc(C(N)COCC(=O)O)ccc2O1. The molecule has 0 aromatic heterocycles. The van der Waals surface area contributed by atoms with E-state index in [0.29, 0.717) is 0 Å². The first-order chi connectivity index (χ1) is 8.87. The van der Waals surface area contributed by atoms with Crippen LogP contribution in [-0.4, -0.2) is 29.9 Å². The number of carboxylic acid groups (broad SMARTS) is 1. The molecule has 1 aliphatic rings. The Kier molecular flexibility index (Phi) is 3.78. The van der Waals surface area contributed by atoms with Gasteiger partial charge in [-0.1, -0.05) is 12.1 Å². The molecule has 1 aromatic carbocycles. The van der Waals surface area contributed by atoms with Gasteiger partial charge in [0.15, 0.2) is 0 Å². The molecule has 5 nitrogen and oxygen atoms in total. The van der Waals surface area contributed by atoms with Gasteiger partial charge in [0.1, 0.15) is 18.0 Å². The zero-order chi connectivity index (χ0) is 14.0. The molecule has 3 N–H and O–H groups in total. The predicted molar refractivity (Wildman–Crippen MR) is 70.2 cm³/mol. The van der Waals surface area contributed by atoms with Crippen LogP contribution in [0, 0.1) is 0 Å². The fraction of sp³-hybridized carbons (Fsp3) is 0.500. The summed E-state index contributed by atoms with van der Waals surface area (Å²) >= 11 is 0. The summed E-state index contributed by atoms with van der Waals surface area (Å²) in [4.78, 5) is 10.4. The fourth-order valence-electron chi connectivity index (χ4n) is 2.23. The molecular weight excluding hydrogens is 246 g/mol. The number of rotatable bonds is 5. The van der Waals surface area contributed by atoms with E-state index in [-0.39, 0.29) is 24.9 Å². The van der Waals surface area contributed by atoms with E-state index in [1.54, 1.807) is 0 Å². The lowest BCUT2D eigenvalue weighted by atomic mass is 9.98. The average molecular weight is 265 g/mol. The van der Waals surface area contributed by atoms with Crippen molar-refractivity contribution in [2.75, 3.05) is 13.2 Å². The van der Waals surface area contributed by atoms with Crippen LogP contribution in [-0.2, 0) is 16.0 Å². The third kappa shape index (κ3) is 3.45. The van der Waals surface area contributed by atoms with E-state index < -0.39 is 5.97 Å². The lowest BCUT2D eigenvalue weighted by Crippen LogP contribution is -2.24. The molecule has 0 aliphatic carbocycles. The number of carbonyl (C=O) groups is 1. The number of fused-ring (bicyclic) bond motifs is 1. The van der Waals surface area contributed by atoms with Crippen LogP contribution in [0.5, 0.6) is 5.75 Å². The number of aliphatic carboxylic acids is 1. The number of benzene rings is 1. The zero-order valence-corrected chi connectivity index (χ0v) is 11.2. The van der Waals surface area contributed by atoms with Crippen molar-refractivity contribution >= 4 is 5.97 Å². The standard InChI is InChI=1S/C14H19NO4/c1-14(2)6-10-5-9(3-4-12(10)19-14)11(15)7-18-8-13(16)17/h3-5,11H,6-8,15H2,1-2H3,(H,16,17). The summed E-state index contributed by atoms with van der Waals surface area (Å²) in [5, 5.41) is 8.50. The van der Waals surface area contributed by atoms with Crippen LogP contribution < -0.4 is 10.5 Å². The van der Waals surface area contributed by atoms with Crippen molar-refractivity contribution in [2.45, 2.75) is 31.9 Å². The molecule has 0 saturated heterocycles. The third-order valence-corrected chi connectivity index (χ3v) is 3.04. The average Bonchev–Trinajstić information content (AvgIpc) is 2.60. The topological polar surface area (TPSA) is 81.8 Å². The van der Waals surface area contributed by atoms with Gasteiger partial charge in [0.2, 0.25) is 0 Å². The summed E-state index contributed by atoms with van der Waals surface area (Å²) in [7, 11) is 0. The molecule has 0 saturated carbocycles. The first-order valence-corrected chi connectivity index (χ1v) is 6.24. The Morgan fingerprint density at radius 1 is 1.58 bits per heavy atom. The van der Waals surface area contributed by atoms with Crippen molar-refractivity contribution in [2.24, 2.45) is 5.73 Å². The number of carboxylic acids is 1. The van der Waals surface area contributed by atoms with Crippen LogP contribution >= 0.6 is 0 Å². The monoisotopic (exact) mass is 265 g/mol. The highest BCUT2D eigenvalue weighted by Gasteiger charge is 2.30. The second kappa shape index (κ2) is 5.19. The lowest BCUT2D eigenvalue weighted by Gasteiger charge is -2.16. The second-order valence-corrected chi connectivity index (χ2v) is 5.42. The van der Waals surface area contributed by atoms with Crippen molar-refractivity contribution in [3.05, 3.63) is 29.3 Å². The molecule has 0 radical (unpaired) electrons. The largest absolute Gasteiger partial charge is 0.487 e. The van der Waals surface area contributed by atoms with Crippen LogP contribution in [0.3, 0.4) is 0 Å². The minimum atomic E-state index is -0.990. The van der Waals surface area contributed by atoms with E-state index in [4.69, 9.17) is 20.3 Å². The van der Waals surface area contributed by atoms with Crippen LogP contribution in [0.15, 0.2) is 18.2 Å². The highest BCUT2D eigenvalue weighted by Crippen LogP contribution is 2.35. The molecule has 1 unspecified atom stereocenters. The summed E-state index contributed by atoms with van der Waals surface area (Å²) in [5.74, 6) is -0.0938. The highest BCUT2D eigenvalue weighted by molar-refractivity contribution is 5.68. The summed E-state index contributed by atoms with van der Waals surface area (Å²) in [6.07, 6.45) is 0.846. The van der Waals surface area contributed by atoms with Crippen molar-refractivity contribution in [1.29, 1.82) is 0 Å². The van der Waals surface area contributed by atoms with Crippen LogP contribution in [0.1, 0.15) is 31.0 Å². The molecule has 104 valence electrons. The lowest BCUT2D eigenvalue weighted by molar-refractivity contribution is -0.142. The van der Waals surface area contributed by atoms with E-state index in [1.807, 2.05) is 32.0 Å². The maximum absolute atomic E-state index is 10.4. The highest BCUT2D eigenvalue weighted by atomic mass is 16.5. The van der Waals surface area contributed by atoms with Crippen LogP contribution in [0.2, 0.25) is 0 Å². The number of hydrogen-bond donors (Lipinski definition) is 2. The Hall–Kier alpha value is -1.59. The van der Waals surface area contributed by atoms with Crippen molar-refractivity contribution < 1.29 is 19.4 Å². The smallest absolute Gasteiger partial charge is 0.329 e. The van der Waals surface area contributed by atoms with Gasteiger partial charge < -0.3 is 20.3 Å². The van der Waals surface area contributed by atoms with Gasteiger partial charge >= 0.3 is 5.97 Å². The van der Waals surface area contributed by atoms with Gasteiger partial charge in [0, 0.05) is 6.42 Å². The van der Waals surface area contributed by atoms with Gasteiger partial charge in [-0.3, -0.25) is 0 Å². The van der Waals surface area contributed by atoms with Crippen molar-refractivity contribution in [3.63, 3.8) is 0 Å². The fourth-order valence-corrected chi connectivity index (χ4v) is 2.23. The van der Waals surface area contributed by atoms with E-state index in [1.165, 1.54) is 0 Å². The molecule has 5 heteroatoms. The molecule has 0 bridgehead atoms. The zero-order valence-electron chi connectivity index (χ0n) is 11.2. The summed E-state index contributed by atoms with van der Waals surface area (Å²) in [6.45, 7) is 3.95. The molecule has 1 aromatic rings. The quantitative estimate of drug-likeness (QED) is 0.843. The Morgan fingerprint density at radius 2 is 2.32 bits per heavy atom. The summed E-state index contributed by atoms with van der Waals surface area (Å²) in [5.41, 5.74) is 7.88. The van der Waals surface area contributed by atoms with Gasteiger partial charge in [0.05, 0.1) is 12.6 Å². The molecule has 19 heavy (non-hydrogen) atoms. The van der Waals surface area contributed by atoms with Gasteiger partial charge in [-0.2, -0.15) is 0 Å². The molecule has 1 heterocycles. The first-order valence-electron chi connectivity index (χ1n) is 6.24. The van der Waals surface area contributed by atoms with E-state index in [9.17, 15) is 4.79 Å². The van der Waals surface area contributed by atoms with E-state index in [2.05, 4.69) is 0 Å². The first kappa shape index (κ1) is 13.8. The second-order valence-electron chi connectivity index (χ2n) is 5.42. The van der Waals surface area contributed by atoms with Crippen LogP contribution in [0.4, 0.5) is 0 Å². The van der Waals surface area contributed by atoms with E-state index >= 15 is 0 Å². The Bertz CT molecular complexity index is 484. The van der Waals surface area contributed by atoms with Crippen LogP contribution in [0.25, 0.3) is 0 Å². The molecule has 0 spiro atoms. The summed E-state index contributed by atoms with van der Waals surface area (Å²) < 4.78 is 10.8. The van der Waals surface area contributed by atoms with Crippen molar-refractivity contribution in [3.8, 4) is 5.75 Å². The molecule has 0 fully saturated rings. The van der Waals surface area contributed by atoms with Gasteiger partial charge in [-0.15, -0.1) is 0 Å². The number of ether oxygens (including phenoxy) is 2. The third-order valence-electron chi connectivity index (χ3n) is 3.04. The molecule has 0 amide bonds. The maximum Gasteiger partial charge on any atom is 0.329 e. The number of hydrogen-bond acceptors (Lipinski definition) is 4. The maximum atomic E-state index is 10.4. The minimum absolute atomic E-state index is 0.176. The Balaban J connectivity index is 2.01. The number of nitrogens with two attached hydrogens (primary N) is 1. The van der Waals surface area contributed by atoms with E-state index in [0.717, 1.165) is 23.3 Å². The van der Waals surface area contributed by atoms with Crippen molar-refractivity contribution in [1.82, 2.24) is 0 Å². The Labute approximate surface area is 112 Å². The van der Waals surface area contributed by atoms with Gasteiger partial charge in [0.25, 0.3) is 0 Å².